The number of nitro groups is 2. The van der Waals surface area contributed by atoms with Crippen molar-refractivity contribution < 1.29 is 23.1 Å². The van der Waals surface area contributed by atoms with Gasteiger partial charge in [0.1, 0.15) is 0 Å². The first-order valence-corrected chi connectivity index (χ1v) is 9.83. The number of sulfone groups is 1. The van der Waals surface area contributed by atoms with Crippen LogP contribution in [0.2, 0.25) is 0 Å². The Balaban J connectivity index is 1.97. The summed E-state index contributed by atoms with van der Waals surface area (Å²) in [7, 11) is -4.16. The minimum absolute atomic E-state index is 0.122. The fraction of sp³-hybridized carbons (Fsp3) is 0. The third-order valence-corrected chi connectivity index (χ3v) is 5.92. The van der Waals surface area contributed by atoms with Crippen LogP contribution in [0.4, 0.5) is 17.1 Å². The molecule has 152 valence electrons. The third kappa shape index (κ3) is 4.15. The highest BCUT2D eigenvalue weighted by Gasteiger charge is 2.25. The minimum atomic E-state index is -4.16. The lowest BCUT2D eigenvalue weighted by Gasteiger charge is -2.11. The summed E-state index contributed by atoms with van der Waals surface area (Å²) in [6.45, 7) is 0. The normalized spacial score (nSPS) is 10.9. The molecule has 0 heterocycles. The highest BCUT2D eigenvalue weighted by atomic mass is 32.2. The van der Waals surface area contributed by atoms with E-state index in [1.54, 1.807) is 0 Å². The van der Waals surface area contributed by atoms with Crippen LogP contribution < -0.4 is 5.32 Å². The predicted molar refractivity (Wildman–Crippen MR) is 106 cm³/mol. The first-order chi connectivity index (χ1) is 14.2. The van der Waals surface area contributed by atoms with E-state index in [9.17, 15) is 33.4 Å². The highest BCUT2D eigenvalue weighted by molar-refractivity contribution is 7.91. The Morgan fingerprint density at radius 3 is 2.07 bits per heavy atom. The van der Waals surface area contributed by atoms with Crippen LogP contribution in [0.1, 0.15) is 10.4 Å². The number of hydrogen-bond donors (Lipinski definition) is 1. The molecule has 30 heavy (non-hydrogen) atoms. The van der Waals surface area contributed by atoms with Gasteiger partial charge in [-0.3, -0.25) is 25.0 Å². The van der Waals surface area contributed by atoms with Crippen molar-refractivity contribution in [3.8, 4) is 0 Å². The van der Waals surface area contributed by atoms with Crippen LogP contribution in [0.3, 0.4) is 0 Å². The molecule has 1 amide bonds. The molecule has 1 N–H and O–H groups in total. The summed E-state index contributed by atoms with van der Waals surface area (Å²) in [5.74, 6) is -0.781. The Morgan fingerprint density at radius 1 is 0.800 bits per heavy atom. The smallest absolute Gasteiger partial charge is 0.271 e. The lowest BCUT2D eigenvalue weighted by atomic mass is 10.2. The number of nitrogens with zero attached hydrogens (tertiary/aromatic N) is 2. The molecule has 0 aliphatic rings. The quantitative estimate of drug-likeness (QED) is 0.466. The largest absolute Gasteiger partial charge is 0.322 e. The molecule has 0 spiro atoms. The zero-order valence-corrected chi connectivity index (χ0v) is 15.9. The molecule has 0 aliphatic carbocycles. The van der Waals surface area contributed by atoms with Gasteiger partial charge < -0.3 is 5.32 Å². The van der Waals surface area contributed by atoms with Crippen LogP contribution in [0.5, 0.6) is 0 Å². The fourth-order valence-electron chi connectivity index (χ4n) is 2.66. The Labute approximate surface area is 170 Å². The third-order valence-electron chi connectivity index (χ3n) is 4.09. The molecule has 0 atom stereocenters. The maximum Gasteiger partial charge on any atom is 0.271 e. The fourth-order valence-corrected chi connectivity index (χ4v) is 4.11. The number of non-ortho nitro benzene ring substituents is 2. The number of amides is 1. The van der Waals surface area contributed by atoms with Crippen LogP contribution >= 0.6 is 0 Å². The predicted octanol–water partition coefficient (Wildman–Crippen LogP) is 3.59. The van der Waals surface area contributed by atoms with E-state index >= 15 is 0 Å². The molecule has 0 saturated carbocycles. The molecule has 3 aromatic rings. The lowest BCUT2D eigenvalue weighted by molar-refractivity contribution is -0.385. The van der Waals surface area contributed by atoms with Gasteiger partial charge in [0.05, 0.1) is 25.2 Å². The molecule has 3 rings (SSSR count). The second-order valence-corrected chi connectivity index (χ2v) is 7.93. The Bertz CT molecular complexity index is 1260. The van der Waals surface area contributed by atoms with Crippen LogP contribution in [0.15, 0.2) is 82.6 Å². The molecule has 10 nitrogen and oxygen atoms in total. The molecule has 11 heteroatoms. The van der Waals surface area contributed by atoms with Gasteiger partial charge in [-0.15, -0.1) is 0 Å². The van der Waals surface area contributed by atoms with Gasteiger partial charge in [-0.25, -0.2) is 8.42 Å². The van der Waals surface area contributed by atoms with Crippen molar-refractivity contribution in [1.82, 2.24) is 0 Å². The average molecular weight is 427 g/mol. The van der Waals surface area contributed by atoms with Gasteiger partial charge in [0.2, 0.25) is 9.84 Å². The maximum absolute atomic E-state index is 13.0. The molecular weight excluding hydrogens is 414 g/mol. The van der Waals surface area contributed by atoms with Crippen LogP contribution in [-0.4, -0.2) is 24.2 Å². The van der Waals surface area contributed by atoms with E-state index in [-0.39, 0.29) is 32.4 Å². The molecule has 0 fully saturated rings. The van der Waals surface area contributed by atoms with Gasteiger partial charge in [0.25, 0.3) is 17.3 Å². The van der Waals surface area contributed by atoms with Gasteiger partial charge in [-0.2, -0.15) is 0 Å². The number of nitro benzene ring substituents is 2. The first-order valence-electron chi connectivity index (χ1n) is 8.34. The zero-order valence-electron chi connectivity index (χ0n) is 15.1. The summed E-state index contributed by atoms with van der Waals surface area (Å²) in [5, 5.41) is 24.1. The number of benzene rings is 3. The van der Waals surface area contributed by atoms with E-state index in [0.717, 1.165) is 30.3 Å². The summed E-state index contributed by atoms with van der Waals surface area (Å²) >= 11 is 0. The molecule has 0 saturated heterocycles. The summed E-state index contributed by atoms with van der Waals surface area (Å²) in [6, 6.07) is 14.9. The zero-order chi connectivity index (χ0) is 21.9. The summed E-state index contributed by atoms with van der Waals surface area (Å²) in [5.41, 5.74) is -0.565. The molecule has 0 aliphatic heterocycles. The topological polar surface area (TPSA) is 150 Å². The second-order valence-electron chi connectivity index (χ2n) is 6.01. The van der Waals surface area contributed by atoms with Crippen molar-refractivity contribution in [1.29, 1.82) is 0 Å². The van der Waals surface area contributed by atoms with Crippen LogP contribution in [-0.2, 0) is 9.84 Å². The van der Waals surface area contributed by atoms with Crippen LogP contribution in [0, 0.1) is 20.2 Å². The van der Waals surface area contributed by atoms with E-state index in [0.29, 0.717) is 0 Å². The van der Waals surface area contributed by atoms with Gasteiger partial charge in [0, 0.05) is 30.0 Å². The summed E-state index contributed by atoms with van der Waals surface area (Å²) < 4.78 is 26.0. The van der Waals surface area contributed by atoms with Crippen molar-refractivity contribution in [3.05, 3.63) is 98.6 Å². The number of rotatable bonds is 6. The van der Waals surface area contributed by atoms with Gasteiger partial charge in [0.15, 0.2) is 0 Å². The lowest BCUT2D eigenvalue weighted by Crippen LogP contribution is -2.16. The van der Waals surface area contributed by atoms with Crippen molar-refractivity contribution >= 4 is 32.8 Å². The van der Waals surface area contributed by atoms with E-state index in [1.807, 2.05) is 0 Å². The molecular formula is C19H13N3O7S. The Hall–Kier alpha value is -4.12. The average Bonchev–Trinajstić information content (AvgIpc) is 2.74. The van der Waals surface area contributed by atoms with Crippen LogP contribution in [0.25, 0.3) is 0 Å². The van der Waals surface area contributed by atoms with E-state index < -0.39 is 25.6 Å². The molecule has 0 radical (unpaired) electrons. The Morgan fingerprint density at radius 2 is 1.43 bits per heavy atom. The maximum atomic E-state index is 13.0. The van der Waals surface area contributed by atoms with E-state index in [1.165, 1.54) is 42.5 Å². The molecule has 0 unspecified atom stereocenters. The first kappa shape index (κ1) is 20.6. The van der Waals surface area contributed by atoms with E-state index in [2.05, 4.69) is 5.32 Å². The number of carbonyl (C=O) groups excluding carboxylic acids is 1. The van der Waals surface area contributed by atoms with Crippen molar-refractivity contribution in [2.75, 3.05) is 5.32 Å². The highest BCUT2D eigenvalue weighted by Crippen LogP contribution is 2.27. The van der Waals surface area contributed by atoms with Gasteiger partial charge in [-0.05, 0) is 30.3 Å². The number of hydrogen-bond acceptors (Lipinski definition) is 7. The van der Waals surface area contributed by atoms with Gasteiger partial charge in [-0.1, -0.05) is 18.2 Å². The molecule has 0 bridgehead atoms. The number of anilines is 1. The van der Waals surface area contributed by atoms with Crippen molar-refractivity contribution in [3.63, 3.8) is 0 Å². The molecule has 0 aromatic heterocycles. The number of carbonyl (C=O) groups is 1. The molecule has 3 aromatic carbocycles. The Kier molecular flexibility index (Phi) is 5.56. The standard InChI is InChI=1S/C19H13N3O7S/c23-19(20-13-4-3-5-15(12-13)22(26)27)17-6-1-2-7-18(17)30(28,29)16-10-8-14(9-11-16)21(24)25/h1-12H,(H,20,23). The van der Waals surface area contributed by atoms with Crippen molar-refractivity contribution in [2.24, 2.45) is 0 Å². The van der Waals surface area contributed by atoms with Gasteiger partial charge >= 0.3 is 0 Å². The van der Waals surface area contributed by atoms with Crippen molar-refractivity contribution in [2.45, 2.75) is 9.79 Å². The summed E-state index contributed by atoms with van der Waals surface area (Å²) in [4.78, 5) is 32.6. The summed E-state index contributed by atoms with van der Waals surface area (Å²) in [6.07, 6.45) is 0. The second kappa shape index (κ2) is 8.09. The van der Waals surface area contributed by atoms with E-state index in [4.69, 9.17) is 0 Å². The number of nitrogens with one attached hydrogen (secondary N) is 1. The minimum Gasteiger partial charge on any atom is -0.322 e. The monoisotopic (exact) mass is 427 g/mol. The SMILES string of the molecule is O=C(Nc1cccc([N+](=O)[O-])c1)c1ccccc1S(=O)(=O)c1ccc([N+](=O)[O-])cc1.